The van der Waals surface area contributed by atoms with E-state index >= 15 is 0 Å². The van der Waals surface area contributed by atoms with Crippen molar-refractivity contribution in [1.82, 2.24) is 14.4 Å². The maximum atomic E-state index is 13.5. The number of hydrogen-bond acceptors (Lipinski definition) is 3. The molecule has 4 rings (SSSR count). The zero-order chi connectivity index (χ0) is 20.9. The molecule has 1 aliphatic rings. The molecule has 30 heavy (non-hydrogen) atoms. The Labute approximate surface area is 178 Å². The number of aromatic nitrogens is 1. The summed E-state index contributed by atoms with van der Waals surface area (Å²) >= 11 is 0. The van der Waals surface area contributed by atoms with Crippen LogP contribution < -0.4 is 0 Å². The summed E-state index contributed by atoms with van der Waals surface area (Å²) < 4.78 is 7.59. The third-order valence-electron chi connectivity index (χ3n) is 6.00. The lowest BCUT2D eigenvalue weighted by atomic mass is 10.1. The number of benzene rings is 2. The molecule has 1 unspecified atom stereocenters. The van der Waals surface area contributed by atoms with Gasteiger partial charge in [0.05, 0.1) is 19.6 Å². The normalized spacial score (nSPS) is 15.9. The molecule has 1 saturated heterocycles. The highest BCUT2D eigenvalue weighted by atomic mass is 16.5. The van der Waals surface area contributed by atoms with Crippen LogP contribution in [0.15, 0.2) is 60.8 Å². The lowest BCUT2D eigenvalue weighted by Crippen LogP contribution is -2.48. The van der Waals surface area contributed by atoms with E-state index in [1.165, 1.54) is 0 Å². The summed E-state index contributed by atoms with van der Waals surface area (Å²) in [6.07, 6.45) is 2.51. The van der Waals surface area contributed by atoms with Crippen molar-refractivity contribution in [3.05, 3.63) is 71.9 Å². The predicted octanol–water partition coefficient (Wildman–Crippen LogP) is 3.47. The monoisotopic (exact) mass is 405 g/mol. The minimum atomic E-state index is 0.130. The molecule has 0 spiro atoms. The molecule has 5 heteroatoms. The van der Waals surface area contributed by atoms with Crippen molar-refractivity contribution in [1.29, 1.82) is 0 Å². The van der Waals surface area contributed by atoms with Crippen LogP contribution in [0.1, 0.15) is 18.1 Å². The van der Waals surface area contributed by atoms with Crippen LogP contribution in [0.3, 0.4) is 0 Å². The number of amides is 1. The fourth-order valence-electron chi connectivity index (χ4n) is 4.36. The smallest absolute Gasteiger partial charge is 0.227 e. The van der Waals surface area contributed by atoms with E-state index in [9.17, 15) is 4.79 Å². The van der Waals surface area contributed by atoms with Crippen molar-refractivity contribution in [3.63, 3.8) is 0 Å². The Kier molecular flexibility index (Phi) is 6.50. The summed E-state index contributed by atoms with van der Waals surface area (Å²) in [4.78, 5) is 18.0. The molecule has 0 radical (unpaired) electrons. The van der Waals surface area contributed by atoms with Gasteiger partial charge >= 0.3 is 0 Å². The fourth-order valence-corrected chi connectivity index (χ4v) is 4.36. The second-order valence-electron chi connectivity index (χ2n) is 8.23. The highest BCUT2D eigenvalue weighted by Crippen LogP contribution is 2.22. The Morgan fingerprint density at radius 1 is 1.07 bits per heavy atom. The highest BCUT2D eigenvalue weighted by molar-refractivity contribution is 5.89. The van der Waals surface area contributed by atoms with Crippen molar-refractivity contribution in [2.75, 3.05) is 32.8 Å². The van der Waals surface area contributed by atoms with E-state index < -0.39 is 0 Å². The van der Waals surface area contributed by atoms with E-state index in [1.54, 1.807) is 0 Å². The number of aryl methyl sites for hydroxylation is 1. The van der Waals surface area contributed by atoms with E-state index in [1.807, 2.05) is 42.3 Å². The van der Waals surface area contributed by atoms with Crippen molar-refractivity contribution in [2.24, 2.45) is 7.05 Å². The summed E-state index contributed by atoms with van der Waals surface area (Å²) in [6.45, 7) is 7.08. The topological polar surface area (TPSA) is 37.7 Å². The molecule has 2 aromatic carbocycles. The molecule has 1 aromatic heterocycles. The van der Waals surface area contributed by atoms with Crippen LogP contribution >= 0.6 is 0 Å². The third kappa shape index (κ3) is 4.74. The number of carbonyl (C=O) groups is 1. The van der Waals surface area contributed by atoms with Crippen LogP contribution in [0.4, 0.5) is 0 Å². The SMILES string of the molecule is CC(CN1CCOCC1)N(Cc1ccccc1)C(=O)Cc1cn(C)c2ccccc12. The van der Waals surface area contributed by atoms with Crippen LogP contribution in [-0.4, -0.2) is 59.2 Å². The van der Waals surface area contributed by atoms with Gasteiger partial charge < -0.3 is 14.2 Å². The Balaban J connectivity index is 1.54. The van der Waals surface area contributed by atoms with Gasteiger partial charge in [-0.05, 0) is 24.1 Å². The average Bonchev–Trinajstić information content (AvgIpc) is 3.09. The van der Waals surface area contributed by atoms with Crippen molar-refractivity contribution in [2.45, 2.75) is 25.9 Å². The average molecular weight is 406 g/mol. The van der Waals surface area contributed by atoms with E-state index in [-0.39, 0.29) is 11.9 Å². The highest BCUT2D eigenvalue weighted by Gasteiger charge is 2.24. The molecule has 0 saturated carbocycles. The Bertz CT molecular complexity index is 976. The van der Waals surface area contributed by atoms with Gasteiger partial charge in [0.25, 0.3) is 0 Å². The quantitative estimate of drug-likeness (QED) is 0.604. The molecular formula is C25H31N3O2. The molecule has 1 aliphatic heterocycles. The summed E-state index contributed by atoms with van der Waals surface area (Å²) in [6, 6.07) is 18.7. The summed E-state index contributed by atoms with van der Waals surface area (Å²) in [7, 11) is 2.04. The van der Waals surface area contributed by atoms with Gasteiger partial charge in [0.2, 0.25) is 5.91 Å². The van der Waals surface area contributed by atoms with E-state index in [0.717, 1.165) is 54.9 Å². The first-order valence-electron chi connectivity index (χ1n) is 10.8. The molecule has 158 valence electrons. The number of para-hydroxylation sites is 1. The maximum Gasteiger partial charge on any atom is 0.227 e. The summed E-state index contributed by atoms with van der Waals surface area (Å²) in [5.41, 5.74) is 3.42. The molecule has 0 aliphatic carbocycles. The predicted molar refractivity (Wildman–Crippen MR) is 120 cm³/mol. The molecule has 2 heterocycles. The minimum Gasteiger partial charge on any atom is -0.379 e. The van der Waals surface area contributed by atoms with Gasteiger partial charge in [0, 0.05) is 56.4 Å². The van der Waals surface area contributed by atoms with E-state index in [4.69, 9.17) is 4.74 Å². The number of rotatable bonds is 7. The fraction of sp³-hybridized carbons (Fsp3) is 0.400. The summed E-state index contributed by atoms with van der Waals surface area (Å²) in [5.74, 6) is 0.177. The number of carbonyl (C=O) groups excluding carboxylic acids is 1. The lowest BCUT2D eigenvalue weighted by Gasteiger charge is -2.35. The molecule has 1 amide bonds. The van der Waals surface area contributed by atoms with Crippen molar-refractivity contribution < 1.29 is 9.53 Å². The maximum absolute atomic E-state index is 13.5. The van der Waals surface area contributed by atoms with E-state index in [2.05, 4.69) is 46.9 Å². The molecule has 5 nitrogen and oxygen atoms in total. The molecule has 1 atom stereocenters. The Morgan fingerprint density at radius 3 is 2.53 bits per heavy atom. The van der Waals surface area contributed by atoms with Gasteiger partial charge in [0.1, 0.15) is 0 Å². The zero-order valence-corrected chi connectivity index (χ0v) is 18.0. The molecule has 1 fully saturated rings. The number of nitrogens with zero attached hydrogens (tertiary/aromatic N) is 3. The van der Waals surface area contributed by atoms with Crippen LogP contribution in [-0.2, 0) is 29.5 Å². The molecule has 3 aromatic rings. The van der Waals surface area contributed by atoms with Gasteiger partial charge in [-0.1, -0.05) is 48.5 Å². The Hall–Kier alpha value is -2.63. The van der Waals surface area contributed by atoms with Crippen LogP contribution in [0, 0.1) is 0 Å². The minimum absolute atomic E-state index is 0.130. The van der Waals surface area contributed by atoms with Gasteiger partial charge in [-0.3, -0.25) is 9.69 Å². The van der Waals surface area contributed by atoms with E-state index in [0.29, 0.717) is 13.0 Å². The number of morpholine rings is 1. The van der Waals surface area contributed by atoms with Gasteiger partial charge in [0.15, 0.2) is 0 Å². The van der Waals surface area contributed by atoms with Crippen LogP contribution in [0.5, 0.6) is 0 Å². The third-order valence-corrected chi connectivity index (χ3v) is 6.00. The van der Waals surface area contributed by atoms with Gasteiger partial charge in [-0.15, -0.1) is 0 Å². The molecule has 0 N–H and O–H groups in total. The second-order valence-corrected chi connectivity index (χ2v) is 8.23. The standard InChI is InChI=1S/C25H31N3O2/c1-20(17-27-12-14-30-15-13-27)28(18-21-8-4-3-5-9-21)25(29)16-22-19-26(2)24-11-7-6-10-23(22)24/h3-11,19-20H,12-18H2,1-2H3. The summed E-state index contributed by atoms with van der Waals surface area (Å²) in [5, 5.41) is 1.16. The van der Waals surface area contributed by atoms with Gasteiger partial charge in [-0.2, -0.15) is 0 Å². The number of ether oxygens (including phenoxy) is 1. The first kappa shape index (κ1) is 20.6. The zero-order valence-electron chi connectivity index (χ0n) is 18.0. The van der Waals surface area contributed by atoms with Crippen molar-refractivity contribution >= 4 is 16.8 Å². The van der Waals surface area contributed by atoms with Crippen LogP contribution in [0.25, 0.3) is 10.9 Å². The van der Waals surface area contributed by atoms with Crippen LogP contribution in [0.2, 0.25) is 0 Å². The lowest BCUT2D eigenvalue weighted by molar-refractivity contribution is -0.133. The second kappa shape index (κ2) is 9.45. The van der Waals surface area contributed by atoms with Crippen molar-refractivity contribution in [3.8, 4) is 0 Å². The number of hydrogen-bond donors (Lipinski definition) is 0. The largest absolute Gasteiger partial charge is 0.379 e. The first-order chi connectivity index (χ1) is 14.6. The molecular weight excluding hydrogens is 374 g/mol. The number of fused-ring (bicyclic) bond motifs is 1. The first-order valence-corrected chi connectivity index (χ1v) is 10.8. The Morgan fingerprint density at radius 2 is 1.77 bits per heavy atom. The van der Waals surface area contributed by atoms with Gasteiger partial charge in [-0.25, -0.2) is 0 Å². The molecule has 0 bridgehead atoms.